The predicted octanol–water partition coefficient (Wildman–Crippen LogP) is 1.40. The summed E-state index contributed by atoms with van der Waals surface area (Å²) >= 11 is 0. The van der Waals surface area contributed by atoms with Gasteiger partial charge in [0, 0.05) is 0 Å². The highest BCUT2D eigenvalue weighted by Gasteiger charge is 2.22. The molecule has 1 aromatic rings. The molecule has 1 heterocycles. The van der Waals surface area contributed by atoms with Crippen LogP contribution < -0.4 is 0 Å². The van der Waals surface area contributed by atoms with Gasteiger partial charge in [0.15, 0.2) is 5.75 Å². The number of aromatic hydroxyl groups is 1. The lowest BCUT2D eigenvalue weighted by atomic mass is 10.3. The van der Waals surface area contributed by atoms with Crippen molar-refractivity contribution in [2.24, 2.45) is 0 Å². The molecule has 0 amide bonds. The van der Waals surface area contributed by atoms with Crippen molar-refractivity contribution >= 4 is 5.97 Å². The molecule has 1 aromatic heterocycles. The van der Waals surface area contributed by atoms with Gasteiger partial charge in [0.2, 0.25) is 5.69 Å². The predicted molar refractivity (Wildman–Crippen MR) is 48.4 cm³/mol. The molecule has 1 saturated carbocycles. The number of aromatic carboxylic acids is 1. The van der Waals surface area contributed by atoms with Crippen molar-refractivity contribution < 1.29 is 15.0 Å². The molecule has 14 heavy (non-hydrogen) atoms. The van der Waals surface area contributed by atoms with E-state index in [1.165, 1.54) is 6.20 Å². The largest absolute Gasteiger partial charge is 0.504 e. The van der Waals surface area contributed by atoms with Gasteiger partial charge < -0.3 is 10.2 Å². The molecule has 2 rings (SSSR count). The van der Waals surface area contributed by atoms with Gasteiger partial charge >= 0.3 is 5.97 Å². The van der Waals surface area contributed by atoms with Crippen LogP contribution >= 0.6 is 0 Å². The quantitative estimate of drug-likeness (QED) is 0.749. The highest BCUT2D eigenvalue weighted by atomic mass is 16.4. The van der Waals surface area contributed by atoms with E-state index in [0.29, 0.717) is 0 Å². The summed E-state index contributed by atoms with van der Waals surface area (Å²) in [5.74, 6) is -1.43. The SMILES string of the molecule is O=C(O)c1nn(C2CCCC2)cc1O. The topological polar surface area (TPSA) is 75.3 Å². The van der Waals surface area contributed by atoms with Crippen LogP contribution in [0.25, 0.3) is 0 Å². The van der Waals surface area contributed by atoms with Crippen molar-refractivity contribution in [1.29, 1.82) is 0 Å². The zero-order valence-corrected chi connectivity index (χ0v) is 7.68. The highest BCUT2D eigenvalue weighted by molar-refractivity contribution is 5.88. The normalized spacial score (nSPS) is 17.4. The van der Waals surface area contributed by atoms with Crippen molar-refractivity contribution in [3.05, 3.63) is 11.9 Å². The third-order valence-electron chi connectivity index (χ3n) is 2.61. The zero-order valence-electron chi connectivity index (χ0n) is 7.68. The van der Waals surface area contributed by atoms with Gasteiger partial charge in [-0.2, -0.15) is 5.10 Å². The minimum absolute atomic E-state index is 0.246. The lowest BCUT2D eigenvalue weighted by Crippen LogP contribution is -2.07. The van der Waals surface area contributed by atoms with Crippen LogP contribution in [-0.4, -0.2) is 26.0 Å². The Bertz CT molecular complexity index is 353. The van der Waals surface area contributed by atoms with Crippen LogP contribution in [0.1, 0.15) is 42.2 Å². The summed E-state index contributed by atoms with van der Waals surface area (Å²) in [6.07, 6.45) is 5.72. The molecule has 0 aliphatic heterocycles. The number of carboxylic acids is 1. The number of carbonyl (C=O) groups is 1. The van der Waals surface area contributed by atoms with E-state index in [-0.39, 0.29) is 17.5 Å². The van der Waals surface area contributed by atoms with Crippen molar-refractivity contribution in [3.63, 3.8) is 0 Å². The molecule has 0 saturated heterocycles. The maximum absolute atomic E-state index is 10.6. The molecule has 0 aromatic carbocycles. The lowest BCUT2D eigenvalue weighted by Gasteiger charge is -2.07. The molecule has 5 nitrogen and oxygen atoms in total. The van der Waals surface area contributed by atoms with Crippen molar-refractivity contribution in [2.75, 3.05) is 0 Å². The number of aromatic nitrogens is 2. The summed E-state index contributed by atoms with van der Waals surface area (Å²) in [6.45, 7) is 0. The molecule has 76 valence electrons. The first-order valence-corrected chi connectivity index (χ1v) is 4.70. The fourth-order valence-electron chi connectivity index (χ4n) is 1.89. The minimum Gasteiger partial charge on any atom is -0.504 e. The first-order chi connectivity index (χ1) is 6.68. The molecule has 5 heteroatoms. The monoisotopic (exact) mass is 196 g/mol. The van der Waals surface area contributed by atoms with Gasteiger partial charge in [-0.15, -0.1) is 0 Å². The number of hydrogen-bond donors (Lipinski definition) is 2. The molecule has 1 aliphatic rings. The van der Waals surface area contributed by atoms with Gasteiger partial charge in [-0.1, -0.05) is 12.8 Å². The van der Waals surface area contributed by atoms with Gasteiger partial charge in [-0.3, -0.25) is 4.68 Å². The van der Waals surface area contributed by atoms with E-state index >= 15 is 0 Å². The summed E-state index contributed by atoms with van der Waals surface area (Å²) in [7, 11) is 0. The molecule has 0 atom stereocenters. The highest BCUT2D eigenvalue weighted by Crippen LogP contribution is 2.30. The molecule has 0 bridgehead atoms. The Morgan fingerprint density at radius 3 is 2.64 bits per heavy atom. The van der Waals surface area contributed by atoms with E-state index in [0.717, 1.165) is 25.7 Å². The Morgan fingerprint density at radius 1 is 1.50 bits per heavy atom. The van der Waals surface area contributed by atoms with Gasteiger partial charge in [-0.05, 0) is 12.8 Å². The minimum atomic E-state index is -1.18. The van der Waals surface area contributed by atoms with Gasteiger partial charge in [-0.25, -0.2) is 4.79 Å². The smallest absolute Gasteiger partial charge is 0.360 e. The Hall–Kier alpha value is -1.52. The van der Waals surface area contributed by atoms with E-state index in [1.807, 2.05) is 0 Å². The molecule has 0 radical (unpaired) electrons. The number of nitrogens with zero attached hydrogens (tertiary/aromatic N) is 2. The fraction of sp³-hybridized carbons (Fsp3) is 0.556. The van der Waals surface area contributed by atoms with Crippen molar-refractivity contribution in [1.82, 2.24) is 9.78 Å². The van der Waals surface area contributed by atoms with E-state index in [4.69, 9.17) is 5.11 Å². The molecule has 0 unspecified atom stereocenters. The number of hydrogen-bond acceptors (Lipinski definition) is 3. The molecule has 2 N–H and O–H groups in total. The molecule has 0 spiro atoms. The Labute approximate surface area is 81.0 Å². The van der Waals surface area contributed by atoms with E-state index in [1.54, 1.807) is 4.68 Å². The van der Waals surface area contributed by atoms with Crippen LogP contribution in [-0.2, 0) is 0 Å². The summed E-state index contributed by atoms with van der Waals surface area (Å²) in [6, 6.07) is 0.258. The Morgan fingerprint density at radius 2 is 2.14 bits per heavy atom. The Balaban J connectivity index is 2.27. The van der Waals surface area contributed by atoms with E-state index in [9.17, 15) is 9.90 Å². The second kappa shape index (κ2) is 3.32. The molecule has 1 aliphatic carbocycles. The first-order valence-electron chi connectivity index (χ1n) is 4.70. The van der Waals surface area contributed by atoms with Crippen molar-refractivity contribution in [2.45, 2.75) is 31.7 Å². The van der Waals surface area contributed by atoms with E-state index < -0.39 is 5.97 Å². The Kier molecular flexibility index (Phi) is 2.15. The summed E-state index contributed by atoms with van der Waals surface area (Å²) in [5, 5.41) is 21.8. The van der Waals surface area contributed by atoms with Crippen LogP contribution in [0.5, 0.6) is 5.75 Å². The van der Waals surface area contributed by atoms with Crippen molar-refractivity contribution in [3.8, 4) is 5.75 Å². The average molecular weight is 196 g/mol. The number of rotatable bonds is 2. The van der Waals surface area contributed by atoms with Crippen LogP contribution in [0, 0.1) is 0 Å². The summed E-state index contributed by atoms with van der Waals surface area (Å²) in [5.41, 5.74) is -0.253. The fourth-order valence-corrected chi connectivity index (χ4v) is 1.89. The van der Waals surface area contributed by atoms with Gasteiger partial charge in [0.05, 0.1) is 12.2 Å². The summed E-state index contributed by atoms with van der Waals surface area (Å²) in [4.78, 5) is 10.6. The molecular formula is C9H12N2O3. The third-order valence-corrected chi connectivity index (χ3v) is 2.61. The lowest BCUT2D eigenvalue weighted by molar-refractivity contribution is 0.0686. The first kappa shape index (κ1) is 9.05. The molecule has 1 fully saturated rings. The zero-order chi connectivity index (χ0) is 10.1. The van der Waals surface area contributed by atoms with Gasteiger partial charge in [0.25, 0.3) is 0 Å². The summed E-state index contributed by atoms with van der Waals surface area (Å²) < 4.78 is 1.58. The van der Waals surface area contributed by atoms with Crippen LogP contribution in [0.3, 0.4) is 0 Å². The maximum Gasteiger partial charge on any atom is 0.360 e. The second-order valence-electron chi connectivity index (χ2n) is 3.59. The number of carboxylic acid groups (broad SMARTS) is 1. The van der Waals surface area contributed by atoms with Crippen LogP contribution in [0.4, 0.5) is 0 Å². The average Bonchev–Trinajstić information content (AvgIpc) is 2.70. The third kappa shape index (κ3) is 1.45. The maximum atomic E-state index is 10.6. The standard InChI is InChI=1S/C9H12N2O3/c12-7-5-11(6-3-1-2-4-6)10-8(7)9(13)14/h5-6,12H,1-4H2,(H,13,14). The van der Waals surface area contributed by atoms with Gasteiger partial charge in [0.1, 0.15) is 0 Å². The van der Waals surface area contributed by atoms with Crippen LogP contribution in [0.15, 0.2) is 6.20 Å². The second-order valence-corrected chi connectivity index (χ2v) is 3.59. The molecular weight excluding hydrogens is 184 g/mol. The van der Waals surface area contributed by atoms with E-state index in [2.05, 4.69) is 5.10 Å². The van der Waals surface area contributed by atoms with Crippen LogP contribution in [0.2, 0.25) is 0 Å².